The molecule has 5 nitrogen and oxygen atoms in total. The molecule has 1 unspecified atom stereocenters. The van der Waals surface area contributed by atoms with Crippen molar-refractivity contribution in [2.75, 3.05) is 13.2 Å². The molecular formula is C21H21ClFN3O2. The summed E-state index contributed by atoms with van der Waals surface area (Å²) in [7, 11) is 0. The molecule has 2 aromatic rings. The first-order chi connectivity index (χ1) is 12.9. The number of ether oxygens (including phenoxy) is 1. The van der Waals surface area contributed by atoms with E-state index in [1.807, 2.05) is 26.0 Å². The van der Waals surface area contributed by atoms with Gasteiger partial charge in [-0.1, -0.05) is 0 Å². The summed E-state index contributed by atoms with van der Waals surface area (Å²) in [6.07, 6.45) is 0. The smallest absolute Gasteiger partial charge is 0.338 e. The predicted octanol–water partition coefficient (Wildman–Crippen LogP) is 1.47. The Bertz CT molecular complexity index is 984. The standard InChI is InChI=1S/C21H21FN3O2.ClH/c1-4-25(13-17-7-6-15(12-23)10-18(17)22)14(3)24-19-11-16(8-9-20(19)25)21(26)27-5-2;/h6-11H,4-5,13H2,1-3H3;1H/q+1;/p-1. The van der Waals surface area contributed by atoms with E-state index in [4.69, 9.17) is 10.00 Å². The van der Waals surface area contributed by atoms with Gasteiger partial charge in [0, 0.05) is 18.6 Å². The highest BCUT2D eigenvalue weighted by Crippen LogP contribution is 2.42. The first-order valence-corrected chi connectivity index (χ1v) is 8.88. The number of nitriles is 1. The molecule has 0 saturated heterocycles. The van der Waals surface area contributed by atoms with E-state index in [1.165, 1.54) is 6.07 Å². The first kappa shape index (κ1) is 21.5. The summed E-state index contributed by atoms with van der Waals surface area (Å²) in [5.74, 6) is 0.0504. The number of esters is 1. The van der Waals surface area contributed by atoms with Gasteiger partial charge in [-0.3, -0.25) is 0 Å². The Kier molecular flexibility index (Phi) is 6.55. The zero-order chi connectivity index (χ0) is 19.6. The number of quaternary nitrogens is 1. The summed E-state index contributed by atoms with van der Waals surface area (Å²) in [6.45, 7) is 7.07. The van der Waals surface area contributed by atoms with Gasteiger partial charge in [0.2, 0.25) is 5.84 Å². The Morgan fingerprint density at radius 3 is 2.61 bits per heavy atom. The Morgan fingerprint density at radius 2 is 2.00 bits per heavy atom. The molecule has 7 heteroatoms. The summed E-state index contributed by atoms with van der Waals surface area (Å²) in [4.78, 5) is 16.6. The molecule has 146 valence electrons. The van der Waals surface area contributed by atoms with Crippen LogP contribution in [0.3, 0.4) is 0 Å². The van der Waals surface area contributed by atoms with E-state index in [2.05, 4.69) is 4.99 Å². The van der Waals surface area contributed by atoms with Crippen molar-refractivity contribution in [3.63, 3.8) is 0 Å². The molecule has 28 heavy (non-hydrogen) atoms. The van der Waals surface area contributed by atoms with E-state index in [0.29, 0.717) is 46.6 Å². The number of hydrogen-bond donors (Lipinski definition) is 0. The number of benzene rings is 2. The molecule has 3 rings (SSSR count). The van der Waals surface area contributed by atoms with Crippen LogP contribution >= 0.6 is 0 Å². The number of carbonyl (C=O) groups excluding carboxylic acids is 1. The van der Waals surface area contributed by atoms with Gasteiger partial charge in [0.1, 0.15) is 18.0 Å². The second-order valence-electron chi connectivity index (χ2n) is 6.44. The third-order valence-corrected chi connectivity index (χ3v) is 5.01. The van der Waals surface area contributed by atoms with E-state index in [1.54, 1.807) is 31.2 Å². The number of fused-ring (bicyclic) bond motifs is 1. The Hall–Kier alpha value is -2.75. The maximum absolute atomic E-state index is 14.5. The lowest BCUT2D eigenvalue weighted by Gasteiger charge is -2.33. The largest absolute Gasteiger partial charge is 1.00 e. The quantitative estimate of drug-likeness (QED) is 0.563. The highest BCUT2D eigenvalue weighted by atomic mass is 35.5. The van der Waals surface area contributed by atoms with Crippen LogP contribution in [-0.2, 0) is 11.3 Å². The first-order valence-electron chi connectivity index (χ1n) is 8.88. The van der Waals surface area contributed by atoms with Gasteiger partial charge in [-0.2, -0.15) is 10.3 Å². The van der Waals surface area contributed by atoms with E-state index < -0.39 is 5.82 Å². The maximum atomic E-state index is 14.5. The van der Waals surface area contributed by atoms with Gasteiger partial charge in [0.15, 0.2) is 5.69 Å². The summed E-state index contributed by atoms with van der Waals surface area (Å²) >= 11 is 0. The van der Waals surface area contributed by atoms with Crippen LogP contribution in [0.2, 0.25) is 0 Å². The number of rotatable bonds is 5. The molecule has 0 saturated carbocycles. The fourth-order valence-corrected chi connectivity index (χ4v) is 3.51. The van der Waals surface area contributed by atoms with E-state index >= 15 is 0 Å². The van der Waals surface area contributed by atoms with Crippen LogP contribution in [0.25, 0.3) is 0 Å². The molecule has 0 spiro atoms. The Labute approximate surface area is 170 Å². The summed E-state index contributed by atoms with van der Waals surface area (Å²) in [5.41, 5.74) is 2.90. The average molecular weight is 402 g/mol. The zero-order valence-corrected chi connectivity index (χ0v) is 16.8. The van der Waals surface area contributed by atoms with Crippen LogP contribution in [0.1, 0.15) is 42.3 Å². The average Bonchev–Trinajstić information content (AvgIpc) is 2.94. The van der Waals surface area contributed by atoms with Crippen molar-refractivity contribution in [2.24, 2.45) is 4.99 Å². The predicted molar refractivity (Wildman–Crippen MR) is 102 cm³/mol. The Balaban J connectivity index is 0.00000280. The molecule has 0 aromatic heterocycles. The molecule has 1 aliphatic rings. The maximum Gasteiger partial charge on any atom is 0.338 e. The zero-order valence-electron chi connectivity index (χ0n) is 16.0. The molecule has 0 bridgehead atoms. The minimum Gasteiger partial charge on any atom is -1.00 e. The van der Waals surface area contributed by atoms with Gasteiger partial charge in [0.25, 0.3) is 0 Å². The van der Waals surface area contributed by atoms with Gasteiger partial charge in [-0.25, -0.2) is 13.7 Å². The topological polar surface area (TPSA) is 62.4 Å². The van der Waals surface area contributed by atoms with Crippen molar-refractivity contribution in [1.29, 1.82) is 5.26 Å². The second kappa shape index (κ2) is 8.51. The minimum absolute atomic E-state index is 0. The fourth-order valence-electron chi connectivity index (χ4n) is 3.51. The minimum atomic E-state index is -0.399. The van der Waals surface area contributed by atoms with Crippen molar-refractivity contribution in [1.82, 2.24) is 4.48 Å². The monoisotopic (exact) mass is 401 g/mol. The molecular weight excluding hydrogens is 381 g/mol. The van der Waals surface area contributed by atoms with Gasteiger partial charge in [-0.05, 0) is 44.2 Å². The lowest BCUT2D eigenvalue weighted by Crippen LogP contribution is -3.00. The molecule has 1 heterocycles. The molecule has 1 atom stereocenters. The summed E-state index contributed by atoms with van der Waals surface area (Å²) < 4.78 is 19.9. The lowest BCUT2D eigenvalue weighted by molar-refractivity contribution is -0.0000243. The van der Waals surface area contributed by atoms with Crippen LogP contribution < -0.4 is 16.9 Å². The molecule has 0 aliphatic carbocycles. The fraction of sp³-hybridized carbons (Fsp3) is 0.286. The Morgan fingerprint density at radius 1 is 1.25 bits per heavy atom. The molecule has 2 aromatic carbocycles. The van der Waals surface area contributed by atoms with Crippen LogP contribution in [0, 0.1) is 17.1 Å². The molecule has 1 aliphatic heterocycles. The molecule has 0 amide bonds. The third-order valence-electron chi connectivity index (χ3n) is 5.01. The number of carbonyl (C=O) groups is 1. The number of amidine groups is 1. The van der Waals surface area contributed by atoms with Crippen molar-refractivity contribution in [3.05, 3.63) is 58.9 Å². The number of nitrogens with zero attached hydrogens (tertiary/aromatic N) is 3. The van der Waals surface area contributed by atoms with Crippen molar-refractivity contribution >= 4 is 23.2 Å². The third kappa shape index (κ3) is 3.64. The van der Waals surface area contributed by atoms with Gasteiger partial charge in [-0.15, -0.1) is 0 Å². The number of hydrogen-bond acceptors (Lipinski definition) is 4. The highest BCUT2D eigenvalue weighted by molar-refractivity contribution is 6.02. The van der Waals surface area contributed by atoms with Crippen LogP contribution in [0.5, 0.6) is 0 Å². The van der Waals surface area contributed by atoms with Gasteiger partial charge in [0.05, 0.1) is 30.3 Å². The van der Waals surface area contributed by atoms with Crippen molar-refractivity contribution in [2.45, 2.75) is 27.3 Å². The number of halogens is 2. The normalized spacial score (nSPS) is 17.2. The molecule has 0 fully saturated rings. The van der Waals surface area contributed by atoms with Crippen LogP contribution in [0.4, 0.5) is 15.8 Å². The van der Waals surface area contributed by atoms with Gasteiger partial charge >= 0.3 is 5.97 Å². The van der Waals surface area contributed by atoms with Crippen LogP contribution in [0.15, 0.2) is 41.4 Å². The second-order valence-corrected chi connectivity index (χ2v) is 6.44. The van der Waals surface area contributed by atoms with Crippen molar-refractivity contribution < 1.29 is 26.3 Å². The highest BCUT2D eigenvalue weighted by Gasteiger charge is 2.41. The van der Waals surface area contributed by atoms with Crippen LogP contribution in [-0.4, -0.2) is 25.0 Å². The number of aliphatic imine (C=N–C) groups is 1. The van der Waals surface area contributed by atoms with E-state index in [-0.39, 0.29) is 18.4 Å². The summed E-state index contributed by atoms with van der Waals surface area (Å²) in [5, 5.41) is 8.94. The SMILES string of the molecule is CCOC(=O)c1ccc2c(c1)N=C(C)[N+]2(CC)Cc1ccc(C#N)cc1F.[Cl-]. The van der Waals surface area contributed by atoms with Crippen molar-refractivity contribution in [3.8, 4) is 6.07 Å². The molecule has 0 radical (unpaired) electrons. The van der Waals surface area contributed by atoms with E-state index in [0.717, 1.165) is 11.5 Å². The van der Waals surface area contributed by atoms with Gasteiger partial charge < -0.3 is 17.1 Å². The van der Waals surface area contributed by atoms with E-state index in [9.17, 15) is 9.18 Å². The summed E-state index contributed by atoms with van der Waals surface area (Å²) in [6, 6.07) is 11.8. The lowest BCUT2D eigenvalue weighted by atomic mass is 10.1. The molecule has 0 N–H and O–H groups in total.